The highest BCUT2D eigenvalue weighted by molar-refractivity contribution is 5.88. The van der Waals surface area contributed by atoms with E-state index >= 15 is 0 Å². The van der Waals surface area contributed by atoms with Crippen molar-refractivity contribution in [1.82, 2.24) is 10.2 Å². The molecule has 4 nitrogen and oxygen atoms in total. The van der Waals surface area contributed by atoms with E-state index in [0.717, 1.165) is 42.4 Å². The summed E-state index contributed by atoms with van der Waals surface area (Å²) in [5.41, 5.74) is 4.40. The summed E-state index contributed by atoms with van der Waals surface area (Å²) >= 11 is 0. The molecule has 1 fully saturated rings. The van der Waals surface area contributed by atoms with Gasteiger partial charge in [-0.3, -0.25) is 9.59 Å². The molecule has 4 rings (SSSR count). The second-order valence-electron chi connectivity index (χ2n) is 9.69. The van der Waals surface area contributed by atoms with E-state index in [9.17, 15) is 9.59 Å². The molecule has 4 heteroatoms. The first-order valence-electron chi connectivity index (χ1n) is 12.8. The van der Waals surface area contributed by atoms with Crippen molar-refractivity contribution >= 4 is 11.8 Å². The van der Waals surface area contributed by atoms with E-state index in [2.05, 4.69) is 36.5 Å². The largest absolute Gasteiger partial charge is 0.352 e. The Kier molecular flexibility index (Phi) is 8.72. The van der Waals surface area contributed by atoms with Crippen molar-refractivity contribution in [3.63, 3.8) is 0 Å². The van der Waals surface area contributed by atoms with E-state index in [1.165, 1.54) is 5.56 Å². The van der Waals surface area contributed by atoms with E-state index in [4.69, 9.17) is 0 Å². The summed E-state index contributed by atoms with van der Waals surface area (Å²) in [5.74, 6) is -0.0298. The summed E-state index contributed by atoms with van der Waals surface area (Å²) in [6.07, 6.45) is 5.87. The molecular formula is C31H36N2O2. The van der Waals surface area contributed by atoms with Gasteiger partial charge in [0.1, 0.15) is 6.04 Å². The van der Waals surface area contributed by atoms with Crippen molar-refractivity contribution in [2.45, 2.75) is 70.5 Å². The first-order chi connectivity index (χ1) is 17.1. The maximum atomic E-state index is 13.7. The molecule has 0 unspecified atom stereocenters. The van der Waals surface area contributed by atoms with Gasteiger partial charge in [-0.25, -0.2) is 0 Å². The lowest BCUT2D eigenvalue weighted by atomic mass is 10.0. The topological polar surface area (TPSA) is 49.4 Å². The zero-order valence-electron chi connectivity index (χ0n) is 20.7. The van der Waals surface area contributed by atoms with Gasteiger partial charge in [0.15, 0.2) is 0 Å². The molecule has 0 aliphatic heterocycles. The minimum absolute atomic E-state index is 0.0110. The molecule has 1 aliphatic carbocycles. The fourth-order valence-corrected chi connectivity index (χ4v) is 4.85. The second-order valence-corrected chi connectivity index (χ2v) is 9.69. The van der Waals surface area contributed by atoms with Gasteiger partial charge in [0, 0.05) is 25.4 Å². The number of carbonyl (C=O) groups excluding carboxylic acids is 2. The Balaban J connectivity index is 1.60. The van der Waals surface area contributed by atoms with Gasteiger partial charge in [0.25, 0.3) is 0 Å². The Labute approximate surface area is 209 Å². The lowest BCUT2D eigenvalue weighted by molar-refractivity contribution is -0.141. The van der Waals surface area contributed by atoms with Gasteiger partial charge in [0.2, 0.25) is 11.8 Å². The molecule has 1 aliphatic rings. The van der Waals surface area contributed by atoms with Gasteiger partial charge in [0.05, 0.1) is 0 Å². The molecule has 2 amide bonds. The van der Waals surface area contributed by atoms with E-state index in [0.29, 0.717) is 25.8 Å². The number of nitrogens with zero attached hydrogens (tertiary/aromatic N) is 1. The van der Waals surface area contributed by atoms with Gasteiger partial charge < -0.3 is 10.2 Å². The number of benzene rings is 3. The average Bonchev–Trinajstić information content (AvgIpc) is 3.40. The molecular weight excluding hydrogens is 432 g/mol. The zero-order chi connectivity index (χ0) is 24.5. The normalized spacial score (nSPS) is 14.4. The minimum atomic E-state index is -0.553. The standard InChI is InChI=1S/C31H36N2O2/c1-24-16-18-27(19-17-24)23-33(30(34)21-20-25-10-4-2-5-11-25)29(22-26-12-6-3-7-13-26)31(35)32-28-14-8-9-15-28/h2-7,10-13,16-19,28-29H,8-9,14-15,20-23H2,1H3,(H,32,35)/t29-/m0/s1. The van der Waals surface area contributed by atoms with Gasteiger partial charge >= 0.3 is 0 Å². The van der Waals surface area contributed by atoms with E-state index < -0.39 is 6.04 Å². The van der Waals surface area contributed by atoms with Crippen LogP contribution in [0.15, 0.2) is 84.9 Å². The van der Waals surface area contributed by atoms with Gasteiger partial charge in [-0.2, -0.15) is 0 Å². The molecule has 1 atom stereocenters. The van der Waals surface area contributed by atoms with Crippen LogP contribution in [0.5, 0.6) is 0 Å². The first-order valence-corrected chi connectivity index (χ1v) is 12.8. The zero-order valence-corrected chi connectivity index (χ0v) is 20.7. The van der Waals surface area contributed by atoms with Gasteiger partial charge in [-0.1, -0.05) is 103 Å². The lowest BCUT2D eigenvalue weighted by Crippen LogP contribution is -2.52. The Hall–Kier alpha value is -3.40. The van der Waals surface area contributed by atoms with Crippen molar-refractivity contribution in [3.05, 3.63) is 107 Å². The number of hydrogen-bond acceptors (Lipinski definition) is 2. The predicted octanol–water partition coefficient (Wildman–Crippen LogP) is 5.63. The Morgan fingerprint density at radius 2 is 1.43 bits per heavy atom. The maximum Gasteiger partial charge on any atom is 0.243 e. The first kappa shape index (κ1) is 24.7. The van der Waals surface area contributed by atoms with Crippen LogP contribution in [0.4, 0.5) is 0 Å². The summed E-state index contributed by atoms with van der Waals surface area (Å²) in [6.45, 7) is 2.48. The Morgan fingerprint density at radius 3 is 2.06 bits per heavy atom. The molecule has 0 saturated heterocycles. The molecule has 0 spiro atoms. The highest BCUT2D eigenvalue weighted by Gasteiger charge is 2.32. The molecule has 0 heterocycles. The molecule has 1 N–H and O–H groups in total. The highest BCUT2D eigenvalue weighted by atomic mass is 16.2. The number of hydrogen-bond donors (Lipinski definition) is 1. The summed E-state index contributed by atoms with van der Waals surface area (Å²) < 4.78 is 0. The van der Waals surface area contributed by atoms with Gasteiger partial charge in [-0.15, -0.1) is 0 Å². The molecule has 0 bridgehead atoms. The van der Waals surface area contributed by atoms with Crippen molar-refractivity contribution in [2.24, 2.45) is 0 Å². The van der Waals surface area contributed by atoms with Crippen LogP contribution >= 0.6 is 0 Å². The number of nitrogens with one attached hydrogen (secondary N) is 1. The van der Waals surface area contributed by atoms with E-state index in [1.807, 2.05) is 65.6 Å². The van der Waals surface area contributed by atoms with Gasteiger partial charge in [-0.05, 0) is 42.9 Å². The highest BCUT2D eigenvalue weighted by Crippen LogP contribution is 2.21. The second kappa shape index (κ2) is 12.3. The maximum absolute atomic E-state index is 13.7. The molecule has 35 heavy (non-hydrogen) atoms. The quantitative estimate of drug-likeness (QED) is 0.419. The average molecular weight is 469 g/mol. The molecule has 182 valence electrons. The Bertz CT molecular complexity index is 1070. The van der Waals surface area contributed by atoms with Crippen molar-refractivity contribution in [1.29, 1.82) is 0 Å². The monoisotopic (exact) mass is 468 g/mol. The summed E-state index contributed by atoms with van der Waals surface area (Å²) in [6, 6.07) is 28.0. The predicted molar refractivity (Wildman–Crippen MR) is 141 cm³/mol. The number of amides is 2. The molecule has 0 radical (unpaired) electrons. The molecule has 3 aromatic rings. The van der Waals surface area contributed by atoms with Crippen LogP contribution in [-0.2, 0) is 29.0 Å². The van der Waals surface area contributed by atoms with Crippen LogP contribution in [0.3, 0.4) is 0 Å². The van der Waals surface area contributed by atoms with Crippen LogP contribution in [0.2, 0.25) is 0 Å². The number of rotatable bonds is 10. The molecule has 1 saturated carbocycles. The fourth-order valence-electron chi connectivity index (χ4n) is 4.85. The minimum Gasteiger partial charge on any atom is -0.352 e. The van der Waals surface area contributed by atoms with Crippen LogP contribution in [-0.4, -0.2) is 28.8 Å². The SMILES string of the molecule is Cc1ccc(CN(C(=O)CCc2ccccc2)[C@@H](Cc2ccccc2)C(=O)NC2CCCC2)cc1. The number of carbonyl (C=O) groups is 2. The number of aryl methyl sites for hydroxylation is 2. The third-order valence-electron chi connectivity index (χ3n) is 6.92. The third-order valence-corrected chi connectivity index (χ3v) is 6.92. The third kappa shape index (κ3) is 7.29. The summed E-state index contributed by atoms with van der Waals surface area (Å²) in [4.78, 5) is 29.2. The summed E-state index contributed by atoms with van der Waals surface area (Å²) in [5, 5.41) is 3.27. The summed E-state index contributed by atoms with van der Waals surface area (Å²) in [7, 11) is 0. The van der Waals surface area contributed by atoms with Crippen LogP contribution in [0.1, 0.15) is 54.4 Å². The fraction of sp³-hybridized carbons (Fsp3) is 0.355. The van der Waals surface area contributed by atoms with Crippen LogP contribution < -0.4 is 5.32 Å². The van der Waals surface area contributed by atoms with Crippen LogP contribution in [0.25, 0.3) is 0 Å². The van der Waals surface area contributed by atoms with E-state index in [1.54, 1.807) is 0 Å². The smallest absolute Gasteiger partial charge is 0.243 e. The van der Waals surface area contributed by atoms with Crippen molar-refractivity contribution in [2.75, 3.05) is 0 Å². The van der Waals surface area contributed by atoms with Crippen molar-refractivity contribution in [3.8, 4) is 0 Å². The lowest BCUT2D eigenvalue weighted by Gasteiger charge is -2.32. The van der Waals surface area contributed by atoms with E-state index in [-0.39, 0.29) is 17.9 Å². The van der Waals surface area contributed by atoms with Crippen molar-refractivity contribution < 1.29 is 9.59 Å². The van der Waals surface area contributed by atoms with Crippen LogP contribution in [0, 0.1) is 6.92 Å². The molecule has 0 aromatic heterocycles. The molecule has 3 aromatic carbocycles. The Morgan fingerprint density at radius 1 is 0.829 bits per heavy atom.